The average molecular weight is 337 g/mol. The molecular formula is C15H19N3O4S. The predicted octanol–water partition coefficient (Wildman–Crippen LogP) is 1.65. The molecule has 8 heteroatoms. The number of hydrogen-bond acceptors (Lipinski definition) is 4. The number of carboxylic acids is 1. The maximum atomic E-state index is 12.5. The van der Waals surface area contributed by atoms with E-state index < -0.39 is 22.0 Å². The minimum atomic E-state index is -4.05. The Morgan fingerprint density at radius 2 is 1.87 bits per heavy atom. The van der Waals surface area contributed by atoms with Crippen molar-refractivity contribution in [2.24, 2.45) is 7.05 Å². The molecule has 2 aromatic rings. The number of aryl methyl sites for hydroxylation is 1. The van der Waals surface area contributed by atoms with E-state index >= 15 is 0 Å². The van der Waals surface area contributed by atoms with Crippen molar-refractivity contribution in [1.82, 2.24) is 14.3 Å². The molecule has 124 valence electrons. The van der Waals surface area contributed by atoms with Crippen molar-refractivity contribution in [3.05, 3.63) is 47.9 Å². The van der Waals surface area contributed by atoms with E-state index in [1.54, 1.807) is 41.9 Å². The second-order valence-corrected chi connectivity index (χ2v) is 7.17. The largest absolute Gasteiger partial charge is 0.480 e. The van der Waals surface area contributed by atoms with Gasteiger partial charge in [-0.3, -0.25) is 4.79 Å². The fourth-order valence-corrected chi connectivity index (χ4v) is 3.42. The lowest BCUT2D eigenvalue weighted by molar-refractivity contribution is -0.139. The molecule has 1 heterocycles. The van der Waals surface area contributed by atoms with Crippen LogP contribution in [0.3, 0.4) is 0 Å². The normalized spacial score (nSPS) is 13.2. The standard InChI is InChI=1S/C15H19N3O4S/c1-10(2)14-16-12(9-18(14)3)23(21,22)17-13(15(19)20)11-7-5-4-6-8-11/h4-10,13,17H,1-3H3,(H,19,20)/t13-/m1/s1. The van der Waals surface area contributed by atoms with Crippen LogP contribution in [0.25, 0.3) is 0 Å². The zero-order valence-electron chi connectivity index (χ0n) is 13.1. The Kier molecular flexibility index (Phi) is 4.86. The van der Waals surface area contributed by atoms with Crippen LogP contribution in [-0.2, 0) is 21.9 Å². The van der Waals surface area contributed by atoms with Gasteiger partial charge >= 0.3 is 5.97 Å². The van der Waals surface area contributed by atoms with Crippen molar-refractivity contribution in [2.45, 2.75) is 30.8 Å². The highest BCUT2D eigenvalue weighted by Gasteiger charge is 2.29. The van der Waals surface area contributed by atoms with Gasteiger partial charge in [-0.05, 0) is 5.56 Å². The van der Waals surface area contributed by atoms with Crippen LogP contribution < -0.4 is 4.72 Å². The van der Waals surface area contributed by atoms with Gasteiger partial charge in [-0.2, -0.15) is 4.72 Å². The van der Waals surface area contributed by atoms with Crippen molar-refractivity contribution in [3.8, 4) is 0 Å². The number of carbonyl (C=O) groups is 1. The zero-order chi connectivity index (χ0) is 17.2. The van der Waals surface area contributed by atoms with Gasteiger partial charge in [-0.25, -0.2) is 13.4 Å². The molecular weight excluding hydrogens is 318 g/mol. The smallest absolute Gasteiger partial charge is 0.326 e. The van der Waals surface area contributed by atoms with Crippen molar-refractivity contribution in [1.29, 1.82) is 0 Å². The van der Waals surface area contributed by atoms with Crippen LogP contribution in [0.2, 0.25) is 0 Å². The van der Waals surface area contributed by atoms with Gasteiger partial charge in [0.05, 0.1) is 0 Å². The van der Waals surface area contributed by atoms with Gasteiger partial charge in [0.2, 0.25) is 0 Å². The fraction of sp³-hybridized carbons (Fsp3) is 0.333. The average Bonchev–Trinajstić information content (AvgIpc) is 2.88. The van der Waals surface area contributed by atoms with Gasteiger partial charge in [-0.15, -0.1) is 0 Å². The lowest BCUT2D eigenvalue weighted by Gasteiger charge is -2.14. The minimum Gasteiger partial charge on any atom is -0.480 e. The molecule has 0 radical (unpaired) electrons. The van der Waals surface area contributed by atoms with E-state index in [2.05, 4.69) is 9.71 Å². The summed E-state index contributed by atoms with van der Waals surface area (Å²) in [4.78, 5) is 15.5. The predicted molar refractivity (Wildman–Crippen MR) is 84.4 cm³/mol. The van der Waals surface area contributed by atoms with Crippen LogP contribution in [0, 0.1) is 0 Å². The maximum absolute atomic E-state index is 12.5. The first-order chi connectivity index (χ1) is 10.7. The fourth-order valence-electron chi connectivity index (χ4n) is 2.24. The summed E-state index contributed by atoms with van der Waals surface area (Å²) in [5.41, 5.74) is 0.351. The molecule has 7 nitrogen and oxygen atoms in total. The van der Waals surface area contributed by atoms with E-state index in [4.69, 9.17) is 0 Å². The maximum Gasteiger partial charge on any atom is 0.326 e. The molecule has 0 saturated heterocycles. The summed E-state index contributed by atoms with van der Waals surface area (Å²) < 4.78 is 28.7. The van der Waals surface area contributed by atoms with Crippen LogP contribution in [0.4, 0.5) is 0 Å². The number of nitrogens with zero attached hydrogens (tertiary/aromatic N) is 2. The number of imidazole rings is 1. The van der Waals surface area contributed by atoms with Gasteiger partial charge in [0.15, 0.2) is 5.03 Å². The van der Waals surface area contributed by atoms with Crippen molar-refractivity contribution in [2.75, 3.05) is 0 Å². The van der Waals surface area contributed by atoms with Gasteiger partial charge in [-0.1, -0.05) is 44.2 Å². The first-order valence-corrected chi connectivity index (χ1v) is 8.54. The highest BCUT2D eigenvalue weighted by Crippen LogP contribution is 2.19. The van der Waals surface area contributed by atoms with E-state index in [1.165, 1.54) is 6.20 Å². The summed E-state index contributed by atoms with van der Waals surface area (Å²) in [5, 5.41) is 9.14. The molecule has 1 aromatic carbocycles. The highest BCUT2D eigenvalue weighted by molar-refractivity contribution is 7.89. The molecule has 0 spiro atoms. The number of aliphatic carboxylic acids is 1. The van der Waals surface area contributed by atoms with E-state index in [0.29, 0.717) is 11.4 Å². The van der Waals surface area contributed by atoms with Crippen LogP contribution in [0.15, 0.2) is 41.6 Å². The van der Waals surface area contributed by atoms with Gasteiger partial charge in [0.25, 0.3) is 10.0 Å². The Labute approximate surface area is 135 Å². The molecule has 0 fully saturated rings. The van der Waals surface area contributed by atoms with Crippen molar-refractivity contribution in [3.63, 3.8) is 0 Å². The molecule has 2 rings (SSSR count). The highest BCUT2D eigenvalue weighted by atomic mass is 32.2. The van der Waals surface area contributed by atoms with Crippen LogP contribution >= 0.6 is 0 Å². The Morgan fingerprint density at radius 3 is 2.35 bits per heavy atom. The Balaban J connectivity index is 2.36. The first-order valence-electron chi connectivity index (χ1n) is 7.05. The Morgan fingerprint density at radius 1 is 1.26 bits per heavy atom. The zero-order valence-corrected chi connectivity index (χ0v) is 13.9. The molecule has 2 N–H and O–H groups in total. The van der Waals surface area contributed by atoms with Gasteiger partial charge < -0.3 is 9.67 Å². The summed E-state index contributed by atoms with van der Waals surface area (Å²) in [6.07, 6.45) is 1.38. The van der Waals surface area contributed by atoms with E-state index in [-0.39, 0.29) is 10.9 Å². The summed E-state index contributed by atoms with van der Waals surface area (Å²) in [6.45, 7) is 3.80. The molecule has 1 aromatic heterocycles. The first kappa shape index (κ1) is 17.2. The number of rotatable bonds is 6. The quantitative estimate of drug-likeness (QED) is 0.834. The number of aromatic nitrogens is 2. The van der Waals surface area contributed by atoms with Gasteiger partial charge in [0.1, 0.15) is 11.9 Å². The van der Waals surface area contributed by atoms with Crippen molar-refractivity contribution < 1.29 is 18.3 Å². The molecule has 0 saturated carbocycles. The summed E-state index contributed by atoms with van der Waals surface area (Å²) >= 11 is 0. The topological polar surface area (TPSA) is 101 Å². The molecule has 0 aliphatic carbocycles. The van der Waals surface area contributed by atoms with E-state index in [9.17, 15) is 18.3 Å². The molecule has 0 bridgehead atoms. The van der Waals surface area contributed by atoms with E-state index in [0.717, 1.165) is 0 Å². The van der Waals surface area contributed by atoms with Crippen LogP contribution in [0.5, 0.6) is 0 Å². The molecule has 1 atom stereocenters. The number of sulfonamides is 1. The summed E-state index contributed by atoms with van der Waals surface area (Å²) in [6, 6.07) is 6.77. The second kappa shape index (κ2) is 6.51. The lowest BCUT2D eigenvalue weighted by atomic mass is 10.1. The van der Waals surface area contributed by atoms with E-state index in [1.807, 2.05) is 13.8 Å². The minimum absolute atomic E-state index is 0.0494. The number of carboxylic acid groups (broad SMARTS) is 1. The lowest BCUT2D eigenvalue weighted by Crippen LogP contribution is -2.34. The van der Waals surface area contributed by atoms with Crippen molar-refractivity contribution >= 4 is 16.0 Å². The number of benzene rings is 1. The monoisotopic (exact) mass is 337 g/mol. The number of hydrogen-bond donors (Lipinski definition) is 2. The Bertz CT molecular complexity index is 797. The third kappa shape index (κ3) is 3.77. The third-order valence-corrected chi connectivity index (χ3v) is 4.63. The van der Waals surface area contributed by atoms with Crippen LogP contribution in [0.1, 0.15) is 37.2 Å². The molecule has 0 unspecified atom stereocenters. The number of nitrogens with one attached hydrogen (secondary N) is 1. The molecule has 23 heavy (non-hydrogen) atoms. The molecule has 0 amide bonds. The summed E-state index contributed by atoms with van der Waals surface area (Å²) in [7, 11) is -2.35. The van der Waals surface area contributed by atoms with Crippen LogP contribution in [-0.4, -0.2) is 29.0 Å². The second-order valence-electron chi connectivity index (χ2n) is 5.51. The molecule has 0 aliphatic heterocycles. The Hall–Kier alpha value is -2.19. The third-order valence-electron chi connectivity index (χ3n) is 3.33. The molecule has 0 aliphatic rings. The summed E-state index contributed by atoms with van der Waals surface area (Å²) in [5.74, 6) is -0.620. The van der Waals surface area contributed by atoms with Gasteiger partial charge in [0, 0.05) is 19.2 Å². The SMILES string of the molecule is CC(C)c1nc(S(=O)(=O)N[C@@H](C(=O)O)c2ccccc2)cn1C.